The maximum Gasteiger partial charge on any atom is 0.312 e. The first-order valence-electron chi connectivity index (χ1n) is 10.5. The Morgan fingerprint density at radius 2 is 1.78 bits per heavy atom. The molecule has 3 atom stereocenters. The van der Waals surface area contributed by atoms with Gasteiger partial charge in [-0.1, -0.05) is 26.0 Å². The van der Waals surface area contributed by atoms with Crippen molar-refractivity contribution in [1.82, 2.24) is 4.90 Å². The molecule has 0 radical (unpaired) electrons. The molecule has 1 aromatic rings. The monoisotopic (exact) mass is 372 g/mol. The van der Waals surface area contributed by atoms with E-state index in [2.05, 4.69) is 23.6 Å². The van der Waals surface area contributed by atoms with Gasteiger partial charge in [0.2, 0.25) is 0 Å². The van der Waals surface area contributed by atoms with E-state index in [4.69, 9.17) is 4.74 Å². The zero-order valence-corrected chi connectivity index (χ0v) is 16.6. The number of benzene rings is 1. The molecule has 3 aliphatic rings. The summed E-state index contributed by atoms with van der Waals surface area (Å²) in [6, 6.07) is 7.64. The number of phenols is 1. The first-order valence-corrected chi connectivity index (χ1v) is 10.5. The Morgan fingerprint density at radius 1 is 1.11 bits per heavy atom. The van der Waals surface area contributed by atoms with Crippen molar-refractivity contribution >= 4 is 11.7 Å². The van der Waals surface area contributed by atoms with Crippen molar-refractivity contribution in [2.45, 2.75) is 45.6 Å². The van der Waals surface area contributed by atoms with Crippen LogP contribution in [0.1, 0.15) is 39.5 Å². The van der Waals surface area contributed by atoms with Crippen molar-refractivity contribution in [3.8, 4) is 5.75 Å². The van der Waals surface area contributed by atoms with E-state index in [1.165, 1.54) is 0 Å². The fourth-order valence-corrected chi connectivity index (χ4v) is 5.35. The van der Waals surface area contributed by atoms with Crippen molar-refractivity contribution in [1.29, 1.82) is 0 Å². The van der Waals surface area contributed by atoms with E-state index in [0.29, 0.717) is 17.6 Å². The number of carbonyl (C=O) groups is 1. The predicted octanol–water partition coefficient (Wildman–Crippen LogP) is 3.27. The Labute approximate surface area is 162 Å². The Bertz CT molecular complexity index is 674. The lowest BCUT2D eigenvalue weighted by Gasteiger charge is -2.24. The van der Waals surface area contributed by atoms with E-state index in [-0.39, 0.29) is 17.5 Å². The van der Waals surface area contributed by atoms with Gasteiger partial charge in [-0.3, -0.25) is 4.79 Å². The molecule has 4 rings (SSSR count). The molecular formula is C22H32N2O3. The fourth-order valence-electron chi connectivity index (χ4n) is 5.35. The summed E-state index contributed by atoms with van der Waals surface area (Å²) in [4.78, 5) is 17.1. The van der Waals surface area contributed by atoms with Gasteiger partial charge in [0.1, 0.15) is 11.9 Å². The van der Waals surface area contributed by atoms with Gasteiger partial charge in [0.05, 0.1) is 11.1 Å². The van der Waals surface area contributed by atoms with Gasteiger partial charge in [0, 0.05) is 39.1 Å². The summed E-state index contributed by atoms with van der Waals surface area (Å²) in [5.41, 5.74) is 0.733. The summed E-state index contributed by atoms with van der Waals surface area (Å²) in [6.07, 6.45) is 3.70. The number of rotatable bonds is 6. The Kier molecular flexibility index (Phi) is 5.06. The Morgan fingerprint density at radius 3 is 2.37 bits per heavy atom. The summed E-state index contributed by atoms with van der Waals surface area (Å²) >= 11 is 0. The second kappa shape index (κ2) is 7.34. The number of nitrogens with zero attached hydrogens (tertiary/aromatic N) is 2. The molecule has 1 N–H and O–H groups in total. The molecule has 2 unspecified atom stereocenters. The van der Waals surface area contributed by atoms with Crippen LogP contribution in [0.2, 0.25) is 0 Å². The molecule has 148 valence electrons. The van der Waals surface area contributed by atoms with Crippen molar-refractivity contribution in [3.05, 3.63) is 24.3 Å². The summed E-state index contributed by atoms with van der Waals surface area (Å²) in [7, 11) is 0. The highest BCUT2D eigenvalue weighted by Crippen LogP contribution is 2.42. The maximum absolute atomic E-state index is 12.3. The van der Waals surface area contributed by atoms with Crippen molar-refractivity contribution in [2.75, 3.05) is 37.6 Å². The number of esters is 1. The molecule has 1 aromatic carbocycles. The minimum absolute atomic E-state index is 0.0223. The Hall–Kier alpha value is -1.75. The molecule has 3 heterocycles. The van der Waals surface area contributed by atoms with Crippen LogP contribution in [0, 0.1) is 17.3 Å². The third-order valence-corrected chi connectivity index (χ3v) is 7.23. The van der Waals surface area contributed by atoms with Crippen LogP contribution in [-0.2, 0) is 9.53 Å². The van der Waals surface area contributed by atoms with Gasteiger partial charge in [-0.05, 0) is 43.2 Å². The molecule has 3 fully saturated rings. The highest BCUT2D eigenvalue weighted by atomic mass is 16.6. The molecule has 0 aliphatic carbocycles. The van der Waals surface area contributed by atoms with E-state index < -0.39 is 0 Å². The molecule has 0 bridgehead atoms. The van der Waals surface area contributed by atoms with E-state index in [1.54, 1.807) is 6.07 Å². The van der Waals surface area contributed by atoms with Crippen molar-refractivity contribution in [3.63, 3.8) is 0 Å². The predicted molar refractivity (Wildman–Crippen MR) is 106 cm³/mol. The van der Waals surface area contributed by atoms with Crippen LogP contribution < -0.4 is 4.90 Å². The topological polar surface area (TPSA) is 53.0 Å². The van der Waals surface area contributed by atoms with Crippen LogP contribution in [0.25, 0.3) is 0 Å². The minimum Gasteiger partial charge on any atom is -0.506 e. The molecule has 27 heavy (non-hydrogen) atoms. The summed E-state index contributed by atoms with van der Waals surface area (Å²) in [5.74, 6) is 1.74. The lowest BCUT2D eigenvalue weighted by molar-refractivity contribution is -0.149. The number of fused-ring (bicyclic) bond motifs is 1. The van der Waals surface area contributed by atoms with E-state index in [1.807, 2.05) is 18.2 Å². The van der Waals surface area contributed by atoms with Gasteiger partial charge in [-0.15, -0.1) is 0 Å². The highest BCUT2D eigenvalue weighted by Gasteiger charge is 2.46. The number of anilines is 1. The molecule has 3 saturated heterocycles. The van der Waals surface area contributed by atoms with Crippen molar-refractivity contribution in [2.24, 2.45) is 17.3 Å². The average Bonchev–Trinajstić information content (AvgIpc) is 3.31. The number of hydrogen-bond donors (Lipinski definition) is 1. The molecule has 5 heteroatoms. The summed E-state index contributed by atoms with van der Waals surface area (Å²) in [6.45, 7) is 9.49. The van der Waals surface area contributed by atoms with Crippen LogP contribution in [0.15, 0.2) is 24.3 Å². The first kappa shape index (κ1) is 18.6. The van der Waals surface area contributed by atoms with Gasteiger partial charge in [0.15, 0.2) is 0 Å². The Balaban J connectivity index is 1.27. The zero-order chi connectivity index (χ0) is 19.0. The van der Waals surface area contributed by atoms with Crippen molar-refractivity contribution < 1.29 is 14.6 Å². The van der Waals surface area contributed by atoms with Gasteiger partial charge in [0.25, 0.3) is 0 Å². The fraction of sp³-hybridized carbons (Fsp3) is 0.682. The third-order valence-electron chi connectivity index (χ3n) is 7.23. The van der Waals surface area contributed by atoms with Crippen LogP contribution in [-0.4, -0.2) is 54.8 Å². The van der Waals surface area contributed by atoms with E-state index >= 15 is 0 Å². The van der Waals surface area contributed by atoms with Gasteiger partial charge >= 0.3 is 5.97 Å². The normalized spacial score (nSPS) is 29.9. The second-order valence-corrected chi connectivity index (χ2v) is 8.68. The molecular weight excluding hydrogens is 340 g/mol. The highest BCUT2D eigenvalue weighted by molar-refractivity contribution is 5.78. The van der Waals surface area contributed by atoms with Crippen LogP contribution in [0.4, 0.5) is 5.69 Å². The zero-order valence-electron chi connectivity index (χ0n) is 16.6. The molecule has 0 saturated carbocycles. The van der Waals surface area contributed by atoms with Crippen LogP contribution >= 0.6 is 0 Å². The quantitative estimate of drug-likeness (QED) is 0.777. The lowest BCUT2D eigenvalue weighted by Crippen LogP contribution is -2.31. The molecule has 0 amide bonds. The van der Waals surface area contributed by atoms with Gasteiger partial charge < -0.3 is 19.6 Å². The van der Waals surface area contributed by atoms with Gasteiger partial charge in [-0.25, -0.2) is 0 Å². The van der Waals surface area contributed by atoms with Crippen LogP contribution in [0.3, 0.4) is 0 Å². The van der Waals surface area contributed by atoms with Crippen LogP contribution in [0.5, 0.6) is 5.75 Å². The average molecular weight is 373 g/mol. The number of para-hydroxylation sites is 2. The molecule has 0 aromatic heterocycles. The lowest BCUT2D eigenvalue weighted by atomic mass is 9.79. The largest absolute Gasteiger partial charge is 0.506 e. The summed E-state index contributed by atoms with van der Waals surface area (Å²) < 4.78 is 5.70. The standard InChI is InChI=1S/C22H32N2O3/c1-3-22(4-2)11-18(27-21(22)26)9-10-23-12-16-14-24(15-17(16)13-23)19-7-5-6-8-20(19)25/h5-8,16-18,25H,3-4,9-15H2,1-2H3/t16?,17?,18-/m0/s1. The number of phenolic OH excluding ortho intramolecular Hbond substituents is 1. The number of cyclic esters (lactones) is 1. The number of ether oxygens (including phenoxy) is 1. The third kappa shape index (κ3) is 3.42. The van der Waals surface area contributed by atoms with E-state index in [9.17, 15) is 9.90 Å². The SMILES string of the molecule is CCC1(CC)C[C@H](CCN2CC3CN(c4ccccc4O)CC3C2)OC1=O. The molecule has 3 aliphatic heterocycles. The maximum atomic E-state index is 12.3. The number of likely N-dealkylation sites (tertiary alicyclic amines) is 1. The number of carbonyl (C=O) groups excluding carboxylic acids is 1. The second-order valence-electron chi connectivity index (χ2n) is 8.68. The first-order chi connectivity index (χ1) is 13.0. The van der Waals surface area contributed by atoms with Gasteiger partial charge in [-0.2, -0.15) is 0 Å². The smallest absolute Gasteiger partial charge is 0.312 e. The van der Waals surface area contributed by atoms with E-state index in [0.717, 1.165) is 64.1 Å². The number of aromatic hydroxyl groups is 1. The summed E-state index contributed by atoms with van der Waals surface area (Å²) in [5, 5.41) is 10.1. The molecule has 5 nitrogen and oxygen atoms in total. The minimum atomic E-state index is -0.232. The number of hydrogen-bond acceptors (Lipinski definition) is 5. The molecule has 0 spiro atoms.